The van der Waals surface area contributed by atoms with Gasteiger partial charge in [-0.1, -0.05) is 0 Å². The molecular formula is C8H14O8. The number of aliphatic hydroxyl groups excluding tert-OH is 4. The molecule has 8 nitrogen and oxygen atoms in total. The van der Waals surface area contributed by atoms with E-state index >= 15 is 0 Å². The van der Waals surface area contributed by atoms with Crippen molar-refractivity contribution in [3.63, 3.8) is 0 Å². The Labute approximate surface area is 90.4 Å². The fourth-order valence-electron chi connectivity index (χ4n) is 1.05. The fourth-order valence-corrected chi connectivity index (χ4v) is 1.05. The second-order valence-corrected chi connectivity index (χ2v) is 3.31. The number of carbonyl (C=O) groups excluding carboxylic acids is 1. The summed E-state index contributed by atoms with van der Waals surface area (Å²) in [5.74, 6) is -3.37. The molecule has 0 amide bonds. The van der Waals surface area contributed by atoms with Crippen molar-refractivity contribution >= 4 is 11.8 Å². The Morgan fingerprint density at radius 2 is 1.69 bits per heavy atom. The van der Waals surface area contributed by atoms with Crippen LogP contribution in [0.25, 0.3) is 0 Å². The number of aliphatic hydroxyl groups is 5. The van der Waals surface area contributed by atoms with Crippen molar-refractivity contribution in [3.05, 3.63) is 0 Å². The third kappa shape index (κ3) is 2.54. The molecule has 0 radical (unpaired) electrons. The predicted octanol–water partition coefficient (Wildman–Crippen LogP) is -3.53. The summed E-state index contributed by atoms with van der Waals surface area (Å²) in [4.78, 5) is 21.6. The molecule has 0 fully saturated rings. The second kappa shape index (κ2) is 5.32. The van der Waals surface area contributed by atoms with Crippen molar-refractivity contribution in [2.24, 2.45) is 0 Å². The number of aliphatic carboxylic acids is 1. The Morgan fingerprint density at radius 1 is 1.25 bits per heavy atom. The first kappa shape index (κ1) is 14.9. The molecule has 0 aromatic carbocycles. The summed E-state index contributed by atoms with van der Waals surface area (Å²) in [5.41, 5.74) is -3.23. The molecule has 0 heterocycles. The van der Waals surface area contributed by atoms with Crippen molar-refractivity contribution in [3.8, 4) is 0 Å². The van der Waals surface area contributed by atoms with Crippen LogP contribution in [-0.4, -0.2) is 72.9 Å². The van der Waals surface area contributed by atoms with Crippen LogP contribution in [0.3, 0.4) is 0 Å². The quantitative estimate of drug-likeness (QED) is 0.260. The topological polar surface area (TPSA) is 156 Å². The molecule has 0 saturated carbocycles. The second-order valence-electron chi connectivity index (χ2n) is 3.31. The summed E-state index contributed by atoms with van der Waals surface area (Å²) < 4.78 is 0. The van der Waals surface area contributed by atoms with Crippen LogP contribution in [0, 0.1) is 0 Å². The van der Waals surface area contributed by atoms with Crippen LogP contribution in [0.1, 0.15) is 6.92 Å². The predicted molar refractivity (Wildman–Crippen MR) is 48.4 cm³/mol. The van der Waals surface area contributed by atoms with E-state index in [0.717, 1.165) is 0 Å². The molecule has 0 aliphatic carbocycles. The highest BCUT2D eigenvalue weighted by Gasteiger charge is 2.52. The Morgan fingerprint density at radius 3 is 1.94 bits per heavy atom. The Hall–Kier alpha value is -1.06. The first-order valence-electron chi connectivity index (χ1n) is 4.31. The standard InChI is InChI=1S/C8H14O8/c1-3(10)8(16,7(14)15)6(13)5(12)4(11)2-9/h4-6,9,11-13,16H,2H2,1H3,(H,14,15)/t4-,5-,6+,8+/m1/s1. The molecule has 94 valence electrons. The molecule has 0 unspecified atom stereocenters. The summed E-state index contributed by atoms with van der Waals surface area (Å²) in [7, 11) is 0. The SMILES string of the molecule is CC(=O)[C@@](O)(C(=O)O)[C@@H](O)[C@H](O)[C@H](O)CO. The van der Waals surface area contributed by atoms with Gasteiger partial charge in [-0.25, -0.2) is 4.79 Å². The van der Waals surface area contributed by atoms with Gasteiger partial charge in [0.15, 0.2) is 5.78 Å². The van der Waals surface area contributed by atoms with Gasteiger partial charge < -0.3 is 30.6 Å². The largest absolute Gasteiger partial charge is 0.479 e. The number of rotatable bonds is 6. The lowest BCUT2D eigenvalue weighted by atomic mass is 9.87. The zero-order valence-corrected chi connectivity index (χ0v) is 8.44. The average Bonchev–Trinajstić information content (AvgIpc) is 2.23. The highest BCUT2D eigenvalue weighted by Crippen LogP contribution is 2.18. The molecule has 16 heavy (non-hydrogen) atoms. The highest BCUT2D eigenvalue weighted by atomic mass is 16.4. The number of hydrogen-bond donors (Lipinski definition) is 6. The first-order valence-corrected chi connectivity index (χ1v) is 4.31. The molecule has 6 N–H and O–H groups in total. The lowest BCUT2D eigenvalue weighted by molar-refractivity contribution is -0.192. The zero-order chi connectivity index (χ0) is 13.1. The monoisotopic (exact) mass is 238 g/mol. The van der Waals surface area contributed by atoms with Crippen molar-refractivity contribution in [1.82, 2.24) is 0 Å². The Kier molecular flexibility index (Phi) is 4.97. The van der Waals surface area contributed by atoms with Crippen LogP contribution >= 0.6 is 0 Å². The van der Waals surface area contributed by atoms with Crippen LogP contribution in [-0.2, 0) is 9.59 Å². The van der Waals surface area contributed by atoms with E-state index in [1.807, 2.05) is 0 Å². The van der Waals surface area contributed by atoms with Gasteiger partial charge in [-0.3, -0.25) is 4.79 Å². The van der Waals surface area contributed by atoms with E-state index in [2.05, 4.69) is 0 Å². The maximum atomic E-state index is 10.9. The molecule has 0 aliphatic rings. The van der Waals surface area contributed by atoms with Crippen molar-refractivity contribution in [1.29, 1.82) is 0 Å². The number of carboxylic acid groups (broad SMARTS) is 1. The molecule has 0 rings (SSSR count). The van der Waals surface area contributed by atoms with E-state index in [1.54, 1.807) is 0 Å². The molecule has 0 bridgehead atoms. The third-order valence-corrected chi connectivity index (χ3v) is 2.20. The molecule has 0 aromatic heterocycles. The highest BCUT2D eigenvalue weighted by molar-refractivity contribution is 6.05. The van der Waals surface area contributed by atoms with Gasteiger partial charge in [0.05, 0.1) is 6.61 Å². The zero-order valence-electron chi connectivity index (χ0n) is 8.44. The van der Waals surface area contributed by atoms with Crippen LogP contribution in [0.4, 0.5) is 0 Å². The van der Waals surface area contributed by atoms with Crippen molar-refractivity contribution in [2.75, 3.05) is 6.61 Å². The van der Waals surface area contributed by atoms with E-state index < -0.39 is 42.3 Å². The Balaban J connectivity index is 5.11. The number of hydrogen-bond acceptors (Lipinski definition) is 7. The average molecular weight is 238 g/mol. The third-order valence-electron chi connectivity index (χ3n) is 2.20. The molecule has 8 heteroatoms. The smallest absolute Gasteiger partial charge is 0.346 e. The van der Waals surface area contributed by atoms with Gasteiger partial charge in [0, 0.05) is 0 Å². The van der Waals surface area contributed by atoms with E-state index in [4.69, 9.17) is 15.3 Å². The maximum absolute atomic E-state index is 10.9. The summed E-state index contributed by atoms with van der Waals surface area (Å²) >= 11 is 0. The lowest BCUT2D eigenvalue weighted by Gasteiger charge is -2.31. The number of carboxylic acids is 1. The normalized spacial score (nSPS) is 20.6. The maximum Gasteiger partial charge on any atom is 0.346 e. The van der Waals surface area contributed by atoms with Gasteiger partial charge in [0.2, 0.25) is 5.60 Å². The van der Waals surface area contributed by atoms with Crippen molar-refractivity contribution in [2.45, 2.75) is 30.8 Å². The van der Waals surface area contributed by atoms with Crippen molar-refractivity contribution < 1.29 is 40.2 Å². The van der Waals surface area contributed by atoms with Crippen LogP contribution in [0.2, 0.25) is 0 Å². The minimum absolute atomic E-state index is 0.704. The summed E-state index contributed by atoms with van der Waals surface area (Å²) in [6.45, 7) is -0.263. The van der Waals surface area contributed by atoms with Gasteiger partial charge >= 0.3 is 5.97 Å². The Bertz CT molecular complexity index is 261. The minimum Gasteiger partial charge on any atom is -0.479 e. The lowest BCUT2D eigenvalue weighted by Crippen LogP contribution is -2.61. The van der Waals surface area contributed by atoms with Crippen LogP contribution in [0.15, 0.2) is 0 Å². The number of carbonyl (C=O) groups is 2. The summed E-state index contributed by atoms with van der Waals surface area (Å²) in [6.07, 6.45) is -6.50. The number of Topliss-reactive ketones (excluding diaryl/α,β-unsaturated/α-hetero) is 1. The summed E-state index contributed by atoms with van der Waals surface area (Å²) in [5, 5.41) is 53.9. The molecule has 0 aromatic rings. The number of ketones is 1. The van der Waals surface area contributed by atoms with Gasteiger partial charge in [-0.2, -0.15) is 0 Å². The minimum atomic E-state index is -3.23. The first-order chi connectivity index (χ1) is 7.19. The molecule has 0 spiro atoms. The van der Waals surface area contributed by atoms with Gasteiger partial charge in [0.1, 0.15) is 18.3 Å². The van der Waals surface area contributed by atoms with E-state index in [1.165, 1.54) is 0 Å². The van der Waals surface area contributed by atoms with E-state index in [9.17, 15) is 24.9 Å². The van der Waals surface area contributed by atoms with E-state index in [0.29, 0.717) is 6.92 Å². The van der Waals surface area contributed by atoms with E-state index in [-0.39, 0.29) is 0 Å². The molecular weight excluding hydrogens is 224 g/mol. The van der Waals surface area contributed by atoms with Crippen LogP contribution < -0.4 is 0 Å². The van der Waals surface area contributed by atoms with Gasteiger partial charge in [-0.15, -0.1) is 0 Å². The fraction of sp³-hybridized carbons (Fsp3) is 0.750. The molecule has 0 aliphatic heterocycles. The van der Waals surface area contributed by atoms with Gasteiger partial charge in [-0.05, 0) is 6.92 Å². The summed E-state index contributed by atoms with van der Waals surface area (Å²) in [6, 6.07) is 0. The van der Waals surface area contributed by atoms with Crippen LogP contribution in [0.5, 0.6) is 0 Å². The molecule has 4 atom stereocenters. The van der Waals surface area contributed by atoms with Gasteiger partial charge in [0.25, 0.3) is 0 Å². The molecule has 0 saturated heterocycles.